The van der Waals surface area contributed by atoms with Crippen LogP contribution in [-0.4, -0.2) is 12.9 Å². The molecule has 0 radical (unpaired) electrons. The highest BCUT2D eigenvalue weighted by Gasteiger charge is 2.09. The molecule has 0 amide bonds. The van der Waals surface area contributed by atoms with E-state index in [1.807, 2.05) is 24.3 Å². The molecule has 92 valence electrons. The van der Waals surface area contributed by atoms with Gasteiger partial charge in [0.15, 0.2) is 5.78 Å². The molecule has 0 aliphatic rings. The topological polar surface area (TPSA) is 26.3 Å². The molecule has 0 saturated carbocycles. The van der Waals surface area contributed by atoms with Crippen LogP contribution in [0.5, 0.6) is 5.75 Å². The minimum atomic E-state index is 0.0282. The summed E-state index contributed by atoms with van der Waals surface area (Å²) in [6, 6.07) is 14.8. The minimum Gasteiger partial charge on any atom is -0.497 e. The molecule has 2 aromatic carbocycles. The third kappa shape index (κ3) is 2.79. The number of carbonyl (C=O) groups is 1. The van der Waals surface area contributed by atoms with Gasteiger partial charge in [-0.1, -0.05) is 34.1 Å². The molecule has 0 fully saturated rings. The Bertz CT molecular complexity index is 547. The second kappa shape index (κ2) is 5.83. The molecular formula is C15H13BrO2. The number of hydrogen-bond acceptors (Lipinski definition) is 2. The third-order valence-corrected chi connectivity index (χ3v) is 3.34. The van der Waals surface area contributed by atoms with E-state index < -0.39 is 0 Å². The van der Waals surface area contributed by atoms with Gasteiger partial charge in [-0.25, -0.2) is 0 Å². The van der Waals surface area contributed by atoms with Crippen LogP contribution in [0.3, 0.4) is 0 Å². The fourth-order valence-corrected chi connectivity index (χ4v) is 2.05. The molecule has 0 saturated heterocycles. The average Bonchev–Trinajstić information content (AvgIpc) is 2.46. The Morgan fingerprint density at radius 1 is 1.11 bits per heavy atom. The maximum absolute atomic E-state index is 12.3. The van der Waals surface area contributed by atoms with Gasteiger partial charge in [-0.05, 0) is 35.9 Å². The van der Waals surface area contributed by atoms with E-state index in [2.05, 4.69) is 15.9 Å². The van der Waals surface area contributed by atoms with Crippen LogP contribution in [0, 0.1) is 0 Å². The van der Waals surface area contributed by atoms with Crippen LogP contribution in [0.15, 0.2) is 48.5 Å². The van der Waals surface area contributed by atoms with E-state index >= 15 is 0 Å². The normalized spacial score (nSPS) is 10.1. The number of benzene rings is 2. The summed E-state index contributed by atoms with van der Waals surface area (Å²) in [4.78, 5) is 12.3. The van der Waals surface area contributed by atoms with Crippen LogP contribution in [0.25, 0.3) is 0 Å². The summed E-state index contributed by atoms with van der Waals surface area (Å²) in [7, 11) is 1.61. The van der Waals surface area contributed by atoms with Crippen LogP contribution in [0.4, 0.5) is 0 Å². The molecule has 0 aliphatic heterocycles. The van der Waals surface area contributed by atoms with Crippen molar-refractivity contribution >= 4 is 21.7 Å². The van der Waals surface area contributed by atoms with Crippen molar-refractivity contribution in [1.82, 2.24) is 0 Å². The van der Waals surface area contributed by atoms with Crippen molar-refractivity contribution in [2.75, 3.05) is 7.11 Å². The first kappa shape index (κ1) is 12.8. The van der Waals surface area contributed by atoms with Gasteiger partial charge in [-0.15, -0.1) is 0 Å². The first-order valence-corrected chi connectivity index (χ1v) is 6.70. The number of ketones is 1. The Morgan fingerprint density at radius 3 is 2.44 bits per heavy atom. The Kier molecular flexibility index (Phi) is 4.15. The fraction of sp³-hybridized carbons (Fsp3) is 0.133. The van der Waals surface area contributed by atoms with Crippen LogP contribution >= 0.6 is 15.9 Å². The maximum Gasteiger partial charge on any atom is 0.193 e. The number of ether oxygens (including phenoxy) is 1. The summed E-state index contributed by atoms with van der Waals surface area (Å²) in [5, 5.41) is 0.747. The lowest BCUT2D eigenvalue weighted by Crippen LogP contribution is -2.01. The third-order valence-electron chi connectivity index (χ3n) is 2.70. The summed E-state index contributed by atoms with van der Waals surface area (Å²) >= 11 is 3.39. The van der Waals surface area contributed by atoms with Gasteiger partial charge in [0.2, 0.25) is 0 Å². The molecule has 0 aliphatic carbocycles. The predicted octanol–water partition coefficient (Wildman–Crippen LogP) is 3.82. The number of halogens is 1. The molecular weight excluding hydrogens is 292 g/mol. The zero-order valence-electron chi connectivity index (χ0n) is 10.0. The van der Waals surface area contributed by atoms with Crippen molar-refractivity contribution in [2.45, 2.75) is 5.33 Å². The number of hydrogen-bond donors (Lipinski definition) is 0. The molecule has 2 nitrogen and oxygen atoms in total. The molecule has 0 bridgehead atoms. The van der Waals surface area contributed by atoms with E-state index in [1.54, 1.807) is 31.4 Å². The van der Waals surface area contributed by atoms with Gasteiger partial charge in [-0.2, -0.15) is 0 Å². The quantitative estimate of drug-likeness (QED) is 0.634. The Balaban J connectivity index is 2.29. The number of carbonyl (C=O) groups excluding carboxylic acids is 1. The molecule has 3 heteroatoms. The zero-order chi connectivity index (χ0) is 13.0. The van der Waals surface area contributed by atoms with Crippen molar-refractivity contribution in [3.8, 4) is 5.75 Å². The van der Waals surface area contributed by atoms with Gasteiger partial charge in [0, 0.05) is 16.5 Å². The number of alkyl halides is 1. The highest BCUT2D eigenvalue weighted by Crippen LogP contribution is 2.16. The summed E-state index contributed by atoms with van der Waals surface area (Å²) in [5.41, 5.74) is 2.47. The second-order valence-electron chi connectivity index (χ2n) is 3.89. The molecule has 0 aromatic heterocycles. The van der Waals surface area contributed by atoms with Crippen molar-refractivity contribution in [3.05, 3.63) is 65.2 Å². The van der Waals surface area contributed by atoms with Crippen LogP contribution < -0.4 is 4.74 Å². The van der Waals surface area contributed by atoms with E-state index in [-0.39, 0.29) is 5.78 Å². The number of rotatable bonds is 4. The fourth-order valence-electron chi connectivity index (χ4n) is 1.70. The van der Waals surface area contributed by atoms with Gasteiger partial charge in [0.25, 0.3) is 0 Å². The largest absolute Gasteiger partial charge is 0.497 e. The van der Waals surface area contributed by atoms with Gasteiger partial charge < -0.3 is 4.74 Å². The van der Waals surface area contributed by atoms with Gasteiger partial charge in [0.05, 0.1) is 7.11 Å². The monoisotopic (exact) mass is 304 g/mol. The minimum absolute atomic E-state index is 0.0282. The lowest BCUT2D eigenvalue weighted by molar-refractivity contribution is 0.103. The summed E-state index contributed by atoms with van der Waals surface area (Å²) in [5.74, 6) is 0.779. The smallest absolute Gasteiger partial charge is 0.193 e. The predicted molar refractivity (Wildman–Crippen MR) is 75.5 cm³/mol. The maximum atomic E-state index is 12.3. The highest BCUT2D eigenvalue weighted by atomic mass is 79.9. The van der Waals surface area contributed by atoms with Crippen molar-refractivity contribution < 1.29 is 9.53 Å². The van der Waals surface area contributed by atoms with Gasteiger partial charge in [-0.3, -0.25) is 4.79 Å². The molecule has 0 heterocycles. The first-order valence-electron chi connectivity index (χ1n) is 5.58. The highest BCUT2D eigenvalue weighted by molar-refractivity contribution is 9.08. The van der Waals surface area contributed by atoms with Gasteiger partial charge >= 0.3 is 0 Å². The van der Waals surface area contributed by atoms with E-state index in [9.17, 15) is 4.79 Å². The first-order chi connectivity index (χ1) is 8.74. The lowest BCUT2D eigenvalue weighted by atomic mass is 10.0. The van der Waals surface area contributed by atoms with Crippen molar-refractivity contribution in [1.29, 1.82) is 0 Å². The van der Waals surface area contributed by atoms with Crippen molar-refractivity contribution in [3.63, 3.8) is 0 Å². The van der Waals surface area contributed by atoms with E-state index in [4.69, 9.17) is 4.74 Å². The summed E-state index contributed by atoms with van der Waals surface area (Å²) in [6.07, 6.45) is 0. The Labute approximate surface area is 115 Å². The molecule has 0 atom stereocenters. The molecule has 0 N–H and O–H groups in total. The molecule has 0 unspecified atom stereocenters. The zero-order valence-corrected chi connectivity index (χ0v) is 11.6. The van der Waals surface area contributed by atoms with Crippen LogP contribution in [-0.2, 0) is 5.33 Å². The number of methoxy groups -OCH3 is 1. The lowest BCUT2D eigenvalue weighted by Gasteiger charge is -2.04. The molecule has 2 rings (SSSR count). The van der Waals surface area contributed by atoms with E-state index in [1.165, 1.54) is 0 Å². The van der Waals surface area contributed by atoms with Gasteiger partial charge in [0.1, 0.15) is 5.75 Å². The van der Waals surface area contributed by atoms with Crippen molar-refractivity contribution in [2.24, 2.45) is 0 Å². The molecule has 0 spiro atoms. The second-order valence-corrected chi connectivity index (χ2v) is 4.45. The molecule has 18 heavy (non-hydrogen) atoms. The Morgan fingerprint density at radius 2 is 1.83 bits per heavy atom. The van der Waals surface area contributed by atoms with E-state index in [0.717, 1.165) is 16.6 Å². The SMILES string of the molecule is COc1ccc(C(=O)c2cccc(CBr)c2)cc1. The standard InChI is InChI=1S/C15H13BrO2/c1-18-14-7-5-12(6-8-14)15(17)13-4-2-3-11(9-13)10-16/h2-9H,10H2,1H3. The van der Waals surface area contributed by atoms with Crippen LogP contribution in [0.1, 0.15) is 21.5 Å². The Hall–Kier alpha value is -1.61. The molecule has 2 aromatic rings. The van der Waals surface area contributed by atoms with Crippen LogP contribution in [0.2, 0.25) is 0 Å². The average molecular weight is 305 g/mol. The van der Waals surface area contributed by atoms with E-state index in [0.29, 0.717) is 11.1 Å². The summed E-state index contributed by atoms with van der Waals surface area (Å²) in [6.45, 7) is 0. The summed E-state index contributed by atoms with van der Waals surface area (Å²) < 4.78 is 5.07.